The fraction of sp³-hybridized carbons (Fsp3) is 0.364. The maximum Gasteiger partial charge on any atom is 0.227 e. The quantitative estimate of drug-likeness (QED) is 0.566. The lowest BCUT2D eigenvalue weighted by atomic mass is 9.97. The molecule has 2 aromatic rings. The third kappa shape index (κ3) is 5.90. The van der Waals surface area contributed by atoms with Crippen LogP contribution in [0.25, 0.3) is 9.69 Å². The van der Waals surface area contributed by atoms with Crippen molar-refractivity contribution in [1.29, 1.82) is 0 Å². The van der Waals surface area contributed by atoms with Gasteiger partial charge in [0.1, 0.15) is 0 Å². The Morgan fingerprint density at radius 1 is 0.750 bits per heavy atom. The Labute approximate surface area is 145 Å². The molecule has 2 nitrogen and oxygen atoms in total. The van der Waals surface area contributed by atoms with Crippen molar-refractivity contribution in [2.24, 2.45) is 0 Å². The summed E-state index contributed by atoms with van der Waals surface area (Å²) in [6.45, 7) is 16.9. The number of benzene rings is 2. The molecule has 0 amide bonds. The predicted octanol–water partition coefficient (Wildman–Crippen LogP) is 5.53. The highest BCUT2D eigenvalue weighted by molar-refractivity contribution is 5.22. The van der Waals surface area contributed by atoms with Gasteiger partial charge in [-0.25, -0.2) is 13.1 Å². The zero-order valence-corrected chi connectivity index (χ0v) is 14.3. The average Bonchev–Trinajstić information content (AvgIpc) is 2.62. The summed E-state index contributed by atoms with van der Waals surface area (Å²) in [6.07, 6.45) is 4.31. The zero-order valence-electron chi connectivity index (χ0n) is 14.3. The van der Waals surface area contributed by atoms with Crippen LogP contribution in [-0.4, -0.2) is 12.1 Å². The summed E-state index contributed by atoms with van der Waals surface area (Å²) in [5.74, 6) is 0. The van der Waals surface area contributed by atoms with Crippen molar-refractivity contribution in [1.82, 2.24) is 0 Å². The summed E-state index contributed by atoms with van der Waals surface area (Å²) in [6, 6.07) is 18.7. The summed E-state index contributed by atoms with van der Waals surface area (Å²) >= 11 is 0. The van der Waals surface area contributed by atoms with E-state index in [1.54, 1.807) is 0 Å². The molecule has 0 heterocycles. The van der Waals surface area contributed by atoms with E-state index in [2.05, 4.69) is 53.0 Å². The molecule has 2 unspecified atom stereocenters. The van der Waals surface area contributed by atoms with E-state index < -0.39 is 0 Å². The molecule has 2 rings (SSSR count). The SMILES string of the molecule is [C-]#[N+]C(CCCC(Cc1ccc(C)cc1)[N+]#[C-])Cc1ccccc1. The third-order valence-corrected chi connectivity index (χ3v) is 4.35. The fourth-order valence-corrected chi connectivity index (χ4v) is 2.90. The topological polar surface area (TPSA) is 8.72 Å². The highest BCUT2D eigenvalue weighted by Crippen LogP contribution is 2.17. The Morgan fingerprint density at radius 2 is 1.25 bits per heavy atom. The van der Waals surface area contributed by atoms with E-state index in [-0.39, 0.29) is 12.1 Å². The molecular formula is C22H24N2. The van der Waals surface area contributed by atoms with Gasteiger partial charge in [-0.2, -0.15) is 0 Å². The van der Waals surface area contributed by atoms with Gasteiger partial charge in [-0.3, -0.25) is 0 Å². The lowest BCUT2D eigenvalue weighted by molar-refractivity contribution is 0.573. The van der Waals surface area contributed by atoms with Crippen LogP contribution in [0.3, 0.4) is 0 Å². The number of nitrogens with zero attached hydrogens (tertiary/aromatic N) is 2. The largest absolute Gasteiger partial charge is 0.313 e. The molecule has 0 bridgehead atoms. The van der Waals surface area contributed by atoms with Crippen LogP contribution in [0.4, 0.5) is 0 Å². The molecule has 0 aliphatic carbocycles. The van der Waals surface area contributed by atoms with Crippen LogP contribution in [0, 0.1) is 20.1 Å². The minimum atomic E-state index is 0.0239. The standard InChI is InChI=1S/C22H24N2/c1-18-12-14-20(15-13-18)17-22(24-3)11-7-10-21(23-2)16-19-8-5-4-6-9-19/h4-6,8-9,12-15,21-22H,7,10-11,16-17H2,1H3. The number of rotatable bonds is 8. The van der Waals surface area contributed by atoms with Crippen molar-refractivity contribution >= 4 is 0 Å². The van der Waals surface area contributed by atoms with Gasteiger partial charge in [-0.15, -0.1) is 0 Å². The van der Waals surface area contributed by atoms with Crippen LogP contribution in [-0.2, 0) is 12.8 Å². The molecule has 2 aromatic carbocycles. The van der Waals surface area contributed by atoms with Crippen LogP contribution in [0.5, 0.6) is 0 Å². The molecule has 0 saturated heterocycles. The molecule has 0 fully saturated rings. The van der Waals surface area contributed by atoms with E-state index in [1.165, 1.54) is 16.7 Å². The van der Waals surface area contributed by atoms with Crippen molar-refractivity contribution in [2.45, 2.75) is 51.1 Å². The molecule has 0 N–H and O–H groups in total. The summed E-state index contributed by atoms with van der Waals surface area (Å²) in [4.78, 5) is 7.56. The van der Waals surface area contributed by atoms with Gasteiger partial charge in [0.2, 0.25) is 12.1 Å². The average molecular weight is 316 g/mol. The van der Waals surface area contributed by atoms with Crippen LogP contribution in [0.15, 0.2) is 54.6 Å². The number of hydrogen-bond acceptors (Lipinski definition) is 0. The van der Waals surface area contributed by atoms with E-state index in [0.717, 1.165) is 32.1 Å². The first-order chi connectivity index (χ1) is 11.7. The lowest BCUT2D eigenvalue weighted by Gasteiger charge is -2.08. The molecule has 0 aliphatic rings. The first-order valence-electron chi connectivity index (χ1n) is 8.54. The molecule has 2 heteroatoms. The smallest absolute Gasteiger partial charge is 0.227 e. The Balaban J connectivity index is 1.79. The van der Waals surface area contributed by atoms with Gasteiger partial charge in [-0.1, -0.05) is 60.2 Å². The van der Waals surface area contributed by atoms with Gasteiger partial charge in [0.05, 0.1) is 0 Å². The van der Waals surface area contributed by atoms with E-state index >= 15 is 0 Å². The maximum atomic E-state index is 7.43. The summed E-state index contributed by atoms with van der Waals surface area (Å²) in [5, 5.41) is 0. The Hall–Kier alpha value is -2.58. The first kappa shape index (κ1) is 17.8. The molecule has 122 valence electrons. The Bertz CT molecular complexity index is 689. The second kappa shape index (κ2) is 9.53. The van der Waals surface area contributed by atoms with Gasteiger partial charge in [0.25, 0.3) is 0 Å². The van der Waals surface area contributed by atoms with Crippen LogP contribution < -0.4 is 0 Å². The van der Waals surface area contributed by atoms with E-state index in [9.17, 15) is 0 Å². The molecular weight excluding hydrogens is 292 g/mol. The normalized spacial score (nSPS) is 12.8. The Kier molecular flexibility index (Phi) is 7.06. The number of aryl methyl sites for hydroxylation is 1. The van der Waals surface area contributed by atoms with E-state index in [0.29, 0.717) is 0 Å². The van der Waals surface area contributed by atoms with Gasteiger partial charge >= 0.3 is 0 Å². The van der Waals surface area contributed by atoms with E-state index in [1.807, 2.05) is 18.2 Å². The molecule has 0 saturated carbocycles. The number of hydrogen-bond donors (Lipinski definition) is 0. The van der Waals surface area contributed by atoms with Crippen LogP contribution >= 0.6 is 0 Å². The minimum absolute atomic E-state index is 0.0239. The molecule has 24 heavy (non-hydrogen) atoms. The molecule has 0 radical (unpaired) electrons. The predicted molar refractivity (Wildman–Crippen MR) is 99.7 cm³/mol. The highest BCUT2D eigenvalue weighted by atomic mass is 14.7. The molecule has 0 spiro atoms. The van der Waals surface area contributed by atoms with Crippen LogP contribution in [0.2, 0.25) is 0 Å². The Morgan fingerprint density at radius 3 is 1.75 bits per heavy atom. The molecule has 2 atom stereocenters. The fourth-order valence-electron chi connectivity index (χ4n) is 2.90. The van der Waals surface area contributed by atoms with Crippen molar-refractivity contribution in [3.63, 3.8) is 0 Å². The first-order valence-corrected chi connectivity index (χ1v) is 8.54. The van der Waals surface area contributed by atoms with Crippen molar-refractivity contribution < 1.29 is 0 Å². The van der Waals surface area contributed by atoms with Crippen molar-refractivity contribution in [3.05, 3.63) is 94.1 Å². The third-order valence-electron chi connectivity index (χ3n) is 4.35. The lowest BCUT2D eigenvalue weighted by Crippen LogP contribution is -2.10. The van der Waals surface area contributed by atoms with E-state index in [4.69, 9.17) is 13.1 Å². The second-order valence-corrected chi connectivity index (χ2v) is 6.38. The van der Waals surface area contributed by atoms with Crippen LogP contribution in [0.1, 0.15) is 36.0 Å². The molecule has 0 aromatic heterocycles. The van der Waals surface area contributed by atoms with Gasteiger partial charge in [0.15, 0.2) is 0 Å². The van der Waals surface area contributed by atoms with Crippen molar-refractivity contribution in [2.75, 3.05) is 0 Å². The summed E-state index contributed by atoms with van der Waals surface area (Å²) < 4.78 is 0. The second-order valence-electron chi connectivity index (χ2n) is 6.38. The van der Waals surface area contributed by atoms with Gasteiger partial charge < -0.3 is 9.69 Å². The zero-order chi connectivity index (χ0) is 17.2. The van der Waals surface area contributed by atoms with Crippen molar-refractivity contribution in [3.8, 4) is 0 Å². The van der Waals surface area contributed by atoms with Gasteiger partial charge in [0, 0.05) is 25.7 Å². The molecule has 0 aliphatic heterocycles. The summed E-state index contributed by atoms with van der Waals surface area (Å²) in [5.41, 5.74) is 3.70. The monoisotopic (exact) mass is 316 g/mol. The summed E-state index contributed by atoms with van der Waals surface area (Å²) in [7, 11) is 0. The highest BCUT2D eigenvalue weighted by Gasteiger charge is 2.18. The minimum Gasteiger partial charge on any atom is -0.313 e. The maximum absolute atomic E-state index is 7.43. The van der Waals surface area contributed by atoms with Gasteiger partial charge in [-0.05, 0) is 24.5 Å².